The van der Waals surface area contributed by atoms with E-state index < -0.39 is 18.1 Å². The van der Waals surface area contributed by atoms with Crippen molar-refractivity contribution < 1.29 is 23.8 Å². The average molecular weight is 359 g/mol. The van der Waals surface area contributed by atoms with E-state index in [2.05, 4.69) is 0 Å². The predicted octanol–water partition coefficient (Wildman–Crippen LogP) is 3.48. The van der Waals surface area contributed by atoms with Gasteiger partial charge in [-0.3, -0.25) is 9.69 Å². The molecule has 1 aliphatic rings. The SMILES string of the molecule is COc1ccc(C(c2ccccc2F)N2CCCC2C(=O)O)c(OC)c1. The summed E-state index contributed by atoms with van der Waals surface area (Å²) < 4.78 is 25.4. The monoisotopic (exact) mass is 359 g/mol. The Morgan fingerprint density at radius 3 is 2.62 bits per heavy atom. The van der Waals surface area contributed by atoms with Crippen molar-refractivity contribution in [1.29, 1.82) is 0 Å². The van der Waals surface area contributed by atoms with Crippen molar-refractivity contribution in [2.24, 2.45) is 0 Å². The van der Waals surface area contributed by atoms with Gasteiger partial charge in [0.15, 0.2) is 0 Å². The minimum absolute atomic E-state index is 0.369. The smallest absolute Gasteiger partial charge is 0.320 e. The number of carbonyl (C=O) groups is 1. The highest BCUT2D eigenvalue weighted by atomic mass is 19.1. The van der Waals surface area contributed by atoms with E-state index in [1.54, 1.807) is 37.4 Å². The molecular weight excluding hydrogens is 337 g/mol. The molecule has 6 heteroatoms. The normalized spacial score (nSPS) is 18.5. The van der Waals surface area contributed by atoms with Crippen LogP contribution in [0.15, 0.2) is 42.5 Å². The molecule has 0 aliphatic carbocycles. The number of likely N-dealkylation sites (tertiary alicyclic amines) is 1. The maximum absolute atomic E-state index is 14.6. The molecule has 0 bridgehead atoms. The molecule has 0 amide bonds. The number of hydrogen-bond acceptors (Lipinski definition) is 4. The van der Waals surface area contributed by atoms with Gasteiger partial charge in [-0.25, -0.2) is 4.39 Å². The number of carboxylic acids is 1. The van der Waals surface area contributed by atoms with E-state index in [0.717, 1.165) is 6.42 Å². The first-order chi connectivity index (χ1) is 12.6. The second kappa shape index (κ2) is 7.74. The zero-order valence-electron chi connectivity index (χ0n) is 14.8. The Morgan fingerprint density at radius 2 is 1.96 bits per heavy atom. The number of methoxy groups -OCH3 is 2. The fraction of sp³-hybridized carbons (Fsp3) is 0.350. The van der Waals surface area contributed by atoms with E-state index in [1.165, 1.54) is 13.2 Å². The summed E-state index contributed by atoms with van der Waals surface area (Å²) >= 11 is 0. The summed E-state index contributed by atoms with van der Waals surface area (Å²) in [6.07, 6.45) is 1.29. The first kappa shape index (κ1) is 18.2. The lowest BCUT2D eigenvalue weighted by molar-refractivity contribution is -0.142. The maximum atomic E-state index is 14.6. The van der Waals surface area contributed by atoms with Gasteiger partial charge in [-0.2, -0.15) is 0 Å². The predicted molar refractivity (Wildman–Crippen MR) is 95.2 cm³/mol. The molecule has 1 aliphatic heterocycles. The van der Waals surface area contributed by atoms with Gasteiger partial charge < -0.3 is 14.6 Å². The zero-order chi connectivity index (χ0) is 18.7. The molecule has 0 radical (unpaired) electrons. The van der Waals surface area contributed by atoms with Crippen molar-refractivity contribution in [1.82, 2.24) is 4.90 Å². The van der Waals surface area contributed by atoms with Crippen LogP contribution in [0.4, 0.5) is 4.39 Å². The summed E-state index contributed by atoms with van der Waals surface area (Å²) in [6, 6.07) is 10.6. The third-order valence-electron chi connectivity index (χ3n) is 4.85. The van der Waals surface area contributed by atoms with Gasteiger partial charge in [0.05, 0.1) is 20.3 Å². The van der Waals surface area contributed by atoms with Gasteiger partial charge in [-0.15, -0.1) is 0 Å². The van der Waals surface area contributed by atoms with Crippen LogP contribution in [0.25, 0.3) is 0 Å². The van der Waals surface area contributed by atoms with Crippen molar-refractivity contribution in [2.75, 3.05) is 20.8 Å². The van der Waals surface area contributed by atoms with Crippen LogP contribution in [0, 0.1) is 5.82 Å². The molecule has 2 aromatic carbocycles. The standard InChI is InChI=1S/C20H22FNO4/c1-25-13-9-10-15(18(12-13)26-2)19(14-6-3-4-7-16(14)21)22-11-5-8-17(22)20(23)24/h3-4,6-7,9-10,12,17,19H,5,8,11H2,1-2H3,(H,23,24). The Hall–Kier alpha value is -2.60. The number of benzene rings is 2. The molecule has 138 valence electrons. The first-order valence-electron chi connectivity index (χ1n) is 8.51. The molecular formula is C20H22FNO4. The average Bonchev–Trinajstić information content (AvgIpc) is 3.13. The largest absolute Gasteiger partial charge is 0.497 e. The number of rotatable bonds is 6. The Bertz CT molecular complexity index is 795. The van der Waals surface area contributed by atoms with Crippen molar-refractivity contribution in [3.8, 4) is 11.5 Å². The molecule has 26 heavy (non-hydrogen) atoms. The van der Waals surface area contributed by atoms with E-state index >= 15 is 0 Å². The molecule has 2 unspecified atom stereocenters. The van der Waals surface area contributed by atoms with Crippen LogP contribution in [0.1, 0.15) is 30.0 Å². The lowest BCUT2D eigenvalue weighted by atomic mass is 9.94. The topological polar surface area (TPSA) is 59.0 Å². The van der Waals surface area contributed by atoms with Crippen LogP contribution >= 0.6 is 0 Å². The zero-order valence-corrected chi connectivity index (χ0v) is 14.8. The van der Waals surface area contributed by atoms with Gasteiger partial charge in [0, 0.05) is 23.7 Å². The number of nitrogens with zero attached hydrogens (tertiary/aromatic N) is 1. The fourth-order valence-corrected chi connectivity index (χ4v) is 3.63. The van der Waals surface area contributed by atoms with Crippen molar-refractivity contribution in [3.05, 3.63) is 59.4 Å². The van der Waals surface area contributed by atoms with Crippen LogP contribution in [-0.4, -0.2) is 42.8 Å². The van der Waals surface area contributed by atoms with E-state index in [-0.39, 0.29) is 5.82 Å². The van der Waals surface area contributed by atoms with Gasteiger partial charge in [-0.05, 0) is 31.0 Å². The lowest BCUT2D eigenvalue weighted by Crippen LogP contribution is -2.39. The highest BCUT2D eigenvalue weighted by Crippen LogP contribution is 2.41. The summed E-state index contributed by atoms with van der Waals surface area (Å²) in [7, 11) is 3.10. The summed E-state index contributed by atoms with van der Waals surface area (Å²) in [6.45, 7) is 0.575. The quantitative estimate of drug-likeness (QED) is 0.856. The summed E-state index contributed by atoms with van der Waals surface area (Å²) in [5, 5.41) is 9.62. The molecule has 1 heterocycles. The molecule has 1 fully saturated rings. The van der Waals surface area contributed by atoms with E-state index in [4.69, 9.17) is 9.47 Å². The molecule has 1 N–H and O–H groups in total. The highest BCUT2D eigenvalue weighted by Gasteiger charge is 2.38. The van der Waals surface area contributed by atoms with E-state index in [1.807, 2.05) is 11.0 Å². The van der Waals surface area contributed by atoms with Gasteiger partial charge in [0.25, 0.3) is 0 Å². The third-order valence-corrected chi connectivity index (χ3v) is 4.85. The summed E-state index contributed by atoms with van der Waals surface area (Å²) in [5.74, 6) is -0.106. The number of carboxylic acid groups (broad SMARTS) is 1. The maximum Gasteiger partial charge on any atom is 0.320 e. The molecule has 5 nitrogen and oxygen atoms in total. The van der Waals surface area contributed by atoms with Crippen LogP contribution in [0.2, 0.25) is 0 Å². The summed E-state index contributed by atoms with van der Waals surface area (Å²) in [5.41, 5.74) is 1.15. The number of aliphatic carboxylic acids is 1. The highest BCUT2D eigenvalue weighted by molar-refractivity contribution is 5.74. The van der Waals surface area contributed by atoms with Crippen LogP contribution < -0.4 is 9.47 Å². The second-order valence-electron chi connectivity index (χ2n) is 6.27. The number of halogens is 1. The summed E-state index contributed by atoms with van der Waals surface area (Å²) in [4.78, 5) is 13.6. The van der Waals surface area contributed by atoms with Crippen LogP contribution in [0.3, 0.4) is 0 Å². The molecule has 1 saturated heterocycles. The Kier molecular flexibility index (Phi) is 5.42. The molecule has 0 spiro atoms. The van der Waals surface area contributed by atoms with Gasteiger partial charge in [-0.1, -0.05) is 18.2 Å². The molecule has 3 rings (SSSR count). The lowest BCUT2D eigenvalue weighted by Gasteiger charge is -2.33. The molecule has 0 saturated carbocycles. The van der Waals surface area contributed by atoms with Gasteiger partial charge >= 0.3 is 5.97 Å². The first-order valence-corrected chi connectivity index (χ1v) is 8.51. The Morgan fingerprint density at radius 1 is 1.19 bits per heavy atom. The second-order valence-corrected chi connectivity index (χ2v) is 6.27. The van der Waals surface area contributed by atoms with Gasteiger partial charge in [0.1, 0.15) is 23.4 Å². The van der Waals surface area contributed by atoms with Crippen molar-refractivity contribution in [3.63, 3.8) is 0 Å². The third kappa shape index (κ3) is 3.37. The fourth-order valence-electron chi connectivity index (χ4n) is 3.63. The van der Waals surface area contributed by atoms with Crippen LogP contribution in [0.5, 0.6) is 11.5 Å². The molecule has 2 aromatic rings. The van der Waals surface area contributed by atoms with Crippen molar-refractivity contribution in [2.45, 2.75) is 24.9 Å². The molecule has 0 aromatic heterocycles. The minimum atomic E-state index is -0.892. The minimum Gasteiger partial charge on any atom is -0.497 e. The molecule has 2 atom stereocenters. The Balaban J connectivity index is 2.16. The van der Waals surface area contributed by atoms with Crippen LogP contribution in [-0.2, 0) is 4.79 Å². The van der Waals surface area contributed by atoms with Gasteiger partial charge in [0.2, 0.25) is 0 Å². The Labute approximate surface area is 152 Å². The van der Waals surface area contributed by atoms with E-state index in [9.17, 15) is 14.3 Å². The van der Waals surface area contributed by atoms with Crippen molar-refractivity contribution >= 4 is 5.97 Å². The number of hydrogen-bond donors (Lipinski definition) is 1. The van der Waals surface area contributed by atoms with E-state index in [0.29, 0.717) is 35.6 Å². The number of ether oxygens (including phenoxy) is 2.